The fourth-order valence-electron chi connectivity index (χ4n) is 8.15. The molecule has 0 aliphatic heterocycles. The minimum absolute atomic E-state index is 0.580. The standard InChI is InChI=1S/C56H36N4O/c1-5-17-37(18-6-1)43-25-15-27-45(35-43)55-58-54(59-56(60-55)46-28-16-26-44(36-46)38-19-7-2-8-20-38)42-33-31-41(32-34-42)52-49(39-21-9-3-10-22-39)50-51(40-23-11-4-12-24-40)57-48-30-14-13-29-47(48)53(50)61-52/h1-36H. The number of benzene rings is 8. The van der Waals surface area contributed by atoms with E-state index in [4.69, 9.17) is 24.4 Å². The van der Waals surface area contributed by atoms with E-state index in [-0.39, 0.29) is 0 Å². The van der Waals surface area contributed by atoms with Crippen molar-refractivity contribution in [1.29, 1.82) is 0 Å². The zero-order valence-corrected chi connectivity index (χ0v) is 33.0. The molecule has 0 saturated heterocycles. The lowest BCUT2D eigenvalue weighted by atomic mass is 9.94. The summed E-state index contributed by atoms with van der Waals surface area (Å²) in [5, 5.41) is 1.95. The van der Waals surface area contributed by atoms with E-state index in [0.717, 1.165) is 94.5 Å². The van der Waals surface area contributed by atoms with Crippen molar-refractivity contribution in [3.8, 4) is 90.1 Å². The number of para-hydroxylation sites is 1. The largest absolute Gasteiger partial charge is 0.455 e. The van der Waals surface area contributed by atoms with Crippen molar-refractivity contribution in [1.82, 2.24) is 19.9 Å². The number of fused-ring (bicyclic) bond motifs is 3. The molecule has 0 fully saturated rings. The average Bonchev–Trinajstić information content (AvgIpc) is 3.76. The zero-order valence-electron chi connectivity index (χ0n) is 33.0. The van der Waals surface area contributed by atoms with Gasteiger partial charge in [0, 0.05) is 38.8 Å². The fraction of sp³-hybridized carbons (Fsp3) is 0. The first-order valence-corrected chi connectivity index (χ1v) is 20.4. The van der Waals surface area contributed by atoms with Crippen molar-refractivity contribution >= 4 is 21.9 Å². The summed E-state index contributed by atoms with van der Waals surface area (Å²) in [4.78, 5) is 20.7. The van der Waals surface area contributed by atoms with Crippen LogP contribution in [0.25, 0.3) is 112 Å². The topological polar surface area (TPSA) is 64.7 Å². The van der Waals surface area contributed by atoms with Gasteiger partial charge in [0.15, 0.2) is 17.5 Å². The third-order valence-electron chi connectivity index (χ3n) is 11.1. The van der Waals surface area contributed by atoms with Crippen LogP contribution in [0.2, 0.25) is 0 Å². The molecule has 0 N–H and O–H groups in total. The van der Waals surface area contributed by atoms with Crippen LogP contribution < -0.4 is 0 Å². The van der Waals surface area contributed by atoms with Gasteiger partial charge in [-0.1, -0.05) is 194 Å². The molecule has 5 nitrogen and oxygen atoms in total. The van der Waals surface area contributed by atoms with E-state index in [9.17, 15) is 0 Å². The van der Waals surface area contributed by atoms with Gasteiger partial charge in [0.2, 0.25) is 0 Å². The molecule has 3 heterocycles. The van der Waals surface area contributed by atoms with Crippen LogP contribution >= 0.6 is 0 Å². The average molecular weight is 781 g/mol. The van der Waals surface area contributed by atoms with Gasteiger partial charge < -0.3 is 4.42 Å². The maximum absolute atomic E-state index is 7.03. The number of rotatable bonds is 8. The van der Waals surface area contributed by atoms with E-state index < -0.39 is 0 Å². The molecule has 0 unspecified atom stereocenters. The van der Waals surface area contributed by atoms with Gasteiger partial charge in [-0.05, 0) is 52.1 Å². The number of aromatic nitrogens is 4. The van der Waals surface area contributed by atoms with Gasteiger partial charge in [0.05, 0.1) is 16.6 Å². The molecule has 0 amide bonds. The molecule has 3 aromatic heterocycles. The van der Waals surface area contributed by atoms with Gasteiger partial charge in [0.1, 0.15) is 11.3 Å². The predicted octanol–water partition coefficient (Wildman–Crippen LogP) is 14.5. The molecule has 61 heavy (non-hydrogen) atoms. The summed E-state index contributed by atoms with van der Waals surface area (Å²) in [7, 11) is 0. The van der Waals surface area contributed by atoms with Crippen LogP contribution in [0.4, 0.5) is 0 Å². The number of pyridine rings is 1. The first-order chi connectivity index (χ1) is 30.2. The van der Waals surface area contributed by atoms with E-state index in [2.05, 4.69) is 176 Å². The Labute approximate surface area is 353 Å². The third-order valence-corrected chi connectivity index (χ3v) is 11.1. The molecule has 11 rings (SSSR count). The van der Waals surface area contributed by atoms with Crippen LogP contribution in [0.3, 0.4) is 0 Å². The summed E-state index contributed by atoms with van der Waals surface area (Å²) in [6, 6.07) is 74.9. The lowest BCUT2D eigenvalue weighted by Crippen LogP contribution is -2.00. The SMILES string of the molecule is c1ccc(-c2cccc(-c3nc(-c4ccc(-c5oc6c(c(-c7ccccc7)nc7ccccc76)c5-c5ccccc5)cc4)nc(-c4cccc(-c5ccccc5)c4)n3)c2)cc1. The number of hydrogen-bond acceptors (Lipinski definition) is 5. The molecule has 0 aliphatic carbocycles. The van der Waals surface area contributed by atoms with Gasteiger partial charge in [-0.25, -0.2) is 19.9 Å². The van der Waals surface area contributed by atoms with Crippen molar-refractivity contribution in [3.05, 3.63) is 218 Å². The molecule has 5 heteroatoms. The minimum Gasteiger partial charge on any atom is -0.455 e. The Morgan fingerprint density at radius 1 is 0.295 bits per heavy atom. The van der Waals surface area contributed by atoms with Crippen molar-refractivity contribution in [2.75, 3.05) is 0 Å². The van der Waals surface area contributed by atoms with Gasteiger partial charge in [-0.2, -0.15) is 0 Å². The summed E-state index contributed by atoms with van der Waals surface area (Å²) in [5.74, 6) is 2.55. The smallest absolute Gasteiger partial charge is 0.164 e. The lowest BCUT2D eigenvalue weighted by molar-refractivity contribution is 0.636. The van der Waals surface area contributed by atoms with Crippen molar-refractivity contribution in [2.45, 2.75) is 0 Å². The highest BCUT2D eigenvalue weighted by atomic mass is 16.3. The predicted molar refractivity (Wildman–Crippen MR) is 248 cm³/mol. The third kappa shape index (κ3) is 6.84. The summed E-state index contributed by atoms with van der Waals surface area (Å²) in [6.07, 6.45) is 0. The lowest BCUT2D eigenvalue weighted by Gasteiger charge is -2.11. The molecule has 11 aromatic rings. The van der Waals surface area contributed by atoms with Crippen molar-refractivity contribution < 1.29 is 4.42 Å². The van der Waals surface area contributed by atoms with Crippen LogP contribution in [0, 0.1) is 0 Å². The summed E-state index contributed by atoms with van der Waals surface area (Å²) in [5.41, 5.74) is 13.7. The second kappa shape index (κ2) is 15.5. The Balaban J connectivity index is 1.07. The van der Waals surface area contributed by atoms with Gasteiger partial charge >= 0.3 is 0 Å². The number of nitrogens with zero attached hydrogens (tertiary/aromatic N) is 4. The minimum atomic E-state index is 0.580. The van der Waals surface area contributed by atoms with Crippen molar-refractivity contribution in [3.63, 3.8) is 0 Å². The van der Waals surface area contributed by atoms with Crippen LogP contribution in [-0.2, 0) is 0 Å². The van der Waals surface area contributed by atoms with E-state index >= 15 is 0 Å². The van der Waals surface area contributed by atoms with Crippen LogP contribution in [0.15, 0.2) is 223 Å². The normalized spacial score (nSPS) is 11.3. The molecular formula is C56H36N4O. The molecule has 286 valence electrons. The molecule has 0 bridgehead atoms. The molecule has 0 spiro atoms. The Morgan fingerprint density at radius 3 is 1.28 bits per heavy atom. The monoisotopic (exact) mass is 780 g/mol. The molecule has 0 saturated carbocycles. The Kier molecular flexibility index (Phi) is 9.10. The van der Waals surface area contributed by atoms with Crippen LogP contribution in [0.5, 0.6) is 0 Å². The maximum Gasteiger partial charge on any atom is 0.164 e. The molecular weight excluding hydrogens is 745 g/mol. The second-order valence-electron chi connectivity index (χ2n) is 15.0. The molecule has 8 aromatic carbocycles. The van der Waals surface area contributed by atoms with E-state index in [1.54, 1.807) is 0 Å². The van der Waals surface area contributed by atoms with Gasteiger partial charge in [-0.3, -0.25) is 0 Å². The van der Waals surface area contributed by atoms with Crippen LogP contribution in [0.1, 0.15) is 0 Å². The highest BCUT2D eigenvalue weighted by molar-refractivity contribution is 6.16. The van der Waals surface area contributed by atoms with Gasteiger partial charge in [-0.15, -0.1) is 0 Å². The van der Waals surface area contributed by atoms with Crippen molar-refractivity contribution in [2.24, 2.45) is 0 Å². The first kappa shape index (κ1) is 35.8. The number of hydrogen-bond donors (Lipinski definition) is 0. The maximum atomic E-state index is 7.03. The Morgan fingerprint density at radius 2 is 0.721 bits per heavy atom. The Bertz CT molecular complexity index is 3230. The Hall–Kier alpha value is -8.28. The molecule has 0 atom stereocenters. The van der Waals surface area contributed by atoms with E-state index in [0.29, 0.717) is 17.5 Å². The van der Waals surface area contributed by atoms with Crippen LogP contribution in [-0.4, -0.2) is 19.9 Å². The molecule has 0 radical (unpaired) electrons. The summed E-state index contributed by atoms with van der Waals surface area (Å²) >= 11 is 0. The van der Waals surface area contributed by atoms with E-state index in [1.165, 1.54) is 0 Å². The highest BCUT2D eigenvalue weighted by Gasteiger charge is 2.24. The summed E-state index contributed by atoms with van der Waals surface area (Å²) in [6.45, 7) is 0. The second-order valence-corrected chi connectivity index (χ2v) is 15.0. The van der Waals surface area contributed by atoms with E-state index in [1.807, 2.05) is 42.5 Å². The quantitative estimate of drug-likeness (QED) is 0.154. The first-order valence-electron chi connectivity index (χ1n) is 20.4. The zero-order chi connectivity index (χ0) is 40.5. The highest BCUT2D eigenvalue weighted by Crippen LogP contribution is 2.47. The fourth-order valence-corrected chi connectivity index (χ4v) is 8.15. The van der Waals surface area contributed by atoms with Gasteiger partial charge in [0.25, 0.3) is 0 Å². The number of furan rings is 1. The molecule has 0 aliphatic rings. The summed E-state index contributed by atoms with van der Waals surface area (Å²) < 4.78 is 7.03.